The van der Waals surface area contributed by atoms with Crippen LogP contribution in [-0.4, -0.2) is 28.3 Å². The van der Waals surface area contributed by atoms with E-state index in [4.69, 9.17) is 5.73 Å². The van der Waals surface area contributed by atoms with E-state index in [2.05, 4.69) is 10.4 Å². The van der Waals surface area contributed by atoms with Crippen molar-refractivity contribution >= 4 is 17.2 Å². The molecule has 1 aromatic carbocycles. The van der Waals surface area contributed by atoms with Crippen molar-refractivity contribution in [1.82, 2.24) is 15.1 Å². The number of aromatic nitrogens is 2. The van der Waals surface area contributed by atoms with E-state index in [1.165, 1.54) is 23.5 Å². The van der Waals surface area contributed by atoms with Crippen molar-refractivity contribution < 1.29 is 18.0 Å². The van der Waals surface area contributed by atoms with Gasteiger partial charge in [0.15, 0.2) is 0 Å². The van der Waals surface area contributed by atoms with Gasteiger partial charge >= 0.3 is 6.18 Å². The SMILES string of the molecule is Cn1nccc1-c1csc(C(=O)N[C@@H](CN)Cc2ccccc2C(F)(F)F)c1. The van der Waals surface area contributed by atoms with Gasteiger partial charge < -0.3 is 11.1 Å². The molecule has 2 aromatic heterocycles. The van der Waals surface area contributed by atoms with Gasteiger partial charge in [-0.05, 0) is 30.2 Å². The van der Waals surface area contributed by atoms with Crippen LogP contribution in [0.15, 0.2) is 48.0 Å². The van der Waals surface area contributed by atoms with Crippen molar-refractivity contribution in [3.63, 3.8) is 0 Å². The summed E-state index contributed by atoms with van der Waals surface area (Å²) in [5, 5.41) is 8.67. The first-order valence-electron chi connectivity index (χ1n) is 8.52. The third-order valence-electron chi connectivity index (χ3n) is 4.35. The lowest BCUT2D eigenvalue weighted by atomic mass is 9.99. The Kier molecular flexibility index (Phi) is 5.85. The maximum Gasteiger partial charge on any atom is 0.416 e. The van der Waals surface area contributed by atoms with E-state index in [0.29, 0.717) is 4.88 Å². The van der Waals surface area contributed by atoms with Crippen LogP contribution in [0.25, 0.3) is 11.3 Å². The number of hydrogen-bond acceptors (Lipinski definition) is 4. The third-order valence-corrected chi connectivity index (χ3v) is 5.28. The molecule has 0 spiro atoms. The summed E-state index contributed by atoms with van der Waals surface area (Å²) in [6.07, 6.45) is -2.79. The van der Waals surface area contributed by atoms with E-state index < -0.39 is 17.8 Å². The summed E-state index contributed by atoms with van der Waals surface area (Å²) in [6, 6.07) is 8.27. The largest absolute Gasteiger partial charge is 0.416 e. The molecule has 0 unspecified atom stereocenters. The van der Waals surface area contributed by atoms with Crippen molar-refractivity contribution in [2.45, 2.75) is 18.6 Å². The third kappa shape index (κ3) is 4.42. The van der Waals surface area contributed by atoms with Crippen LogP contribution >= 0.6 is 11.3 Å². The molecule has 3 rings (SSSR count). The Hall–Kier alpha value is -2.65. The molecular formula is C19H19F3N4OS. The van der Waals surface area contributed by atoms with Crippen LogP contribution in [0.3, 0.4) is 0 Å². The highest BCUT2D eigenvalue weighted by Crippen LogP contribution is 2.32. The highest BCUT2D eigenvalue weighted by atomic mass is 32.1. The molecule has 0 aliphatic heterocycles. The molecule has 0 radical (unpaired) electrons. The highest BCUT2D eigenvalue weighted by Gasteiger charge is 2.33. The lowest BCUT2D eigenvalue weighted by Crippen LogP contribution is -2.41. The molecule has 9 heteroatoms. The number of amides is 1. The summed E-state index contributed by atoms with van der Waals surface area (Å²) < 4.78 is 41.2. The van der Waals surface area contributed by atoms with Gasteiger partial charge in [0.05, 0.1) is 16.1 Å². The van der Waals surface area contributed by atoms with Gasteiger partial charge in [-0.15, -0.1) is 11.3 Å². The fourth-order valence-electron chi connectivity index (χ4n) is 2.94. The minimum absolute atomic E-state index is 0.00210. The molecule has 0 bridgehead atoms. The number of nitrogens with two attached hydrogens (primary N) is 1. The van der Waals surface area contributed by atoms with Crippen molar-refractivity contribution in [2.75, 3.05) is 6.54 Å². The molecule has 1 atom stereocenters. The normalized spacial score (nSPS) is 12.8. The Morgan fingerprint density at radius 2 is 2.07 bits per heavy atom. The average molecular weight is 408 g/mol. The van der Waals surface area contributed by atoms with Gasteiger partial charge in [0.25, 0.3) is 5.91 Å². The van der Waals surface area contributed by atoms with Gasteiger partial charge in [-0.25, -0.2) is 0 Å². The Morgan fingerprint density at radius 1 is 1.32 bits per heavy atom. The molecule has 28 heavy (non-hydrogen) atoms. The number of carbonyl (C=O) groups is 1. The number of nitrogens with zero attached hydrogens (tertiary/aromatic N) is 2. The van der Waals surface area contributed by atoms with Gasteiger partial charge in [0.2, 0.25) is 0 Å². The first-order chi connectivity index (χ1) is 13.3. The smallest absolute Gasteiger partial charge is 0.347 e. The number of rotatable bonds is 6. The maximum absolute atomic E-state index is 13.2. The van der Waals surface area contributed by atoms with Crippen LogP contribution in [-0.2, 0) is 19.6 Å². The number of alkyl halides is 3. The van der Waals surface area contributed by atoms with Crippen molar-refractivity contribution in [1.29, 1.82) is 0 Å². The van der Waals surface area contributed by atoms with Crippen LogP contribution in [0.4, 0.5) is 13.2 Å². The number of benzene rings is 1. The summed E-state index contributed by atoms with van der Waals surface area (Å²) in [5.41, 5.74) is 6.81. The molecule has 2 heterocycles. The van der Waals surface area contributed by atoms with Crippen LogP contribution in [0, 0.1) is 0 Å². The fourth-order valence-corrected chi connectivity index (χ4v) is 3.74. The lowest BCUT2D eigenvalue weighted by Gasteiger charge is -2.19. The van der Waals surface area contributed by atoms with Crippen molar-refractivity contribution in [2.24, 2.45) is 12.8 Å². The molecule has 0 aliphatic carbocycles. The first-order valence-corrected chi connectivity index (χ1v) is 9.40. The van der Waals surface area contributed by atoms with E-state index >= 15 is 0 Å². The topological polar surface area (TPSA) is 72.9 Å². The molecule has 0 fully saturated rings. The van der Waals surface area contributed by atoms with E-state index in [1.807, 2.05) is 11.4 Å². The molecule has 5 nitrogen and oxygen atoms in total. The summed E-state index contributed by atoms with van der Waals surface area (Å²) in [6.45, 7) is 0.0257. The molecule has 3 N–H and O–H groups in total. The van der Waals surface area contributed by atoms with Gasteiger partial charge in [0.1, 0.15) is 0 Å². The number of thiophene rings is 1. The Morgan fingerprint density at radius 3 is 2.71 bits per heavy atom. The number of hydrogen-bond donors (Lipinski definition) is 2. The van der Waals surface area contributed by atoms with Gasteiger partial charge in [0, 0.05) is 36.8 Å². The zero-order valence-corrected chi connectivity index (χ0v) is 15.8. The highest BCUT2D eigenvalue weighted by molar-refractivity contribution is 7.12. The lowest BCUT2D eigenvalue weighted by molar-refractivity contribution is -0.138. The van der Waals surface area contributed by atoms with E-state index in [0.717, 1.165) is 17.3 Å². The van der Waals surface area contributed by atoms with Crippen LogP contribution < -0.4 is 11.1 Å². The Bertz CT molecular complexity index is 964. The fraction of sp³-hybridized carbons (Fsp3) is 0.263. The molecule has 0 aliphatic rings. The maximum atomic E-state index is 13.2. The van der Waals surface area contributed by atoms with Crippen LogP contribution in [0.2, 0.25) is 0 Å². The molecule has 148 valence electrons. The van der Waals surface area contributed by atoms with Gasteiger partial charge in [-0.3, -0.25) is 9.48 Å². The van der Waals surface area contributed by atoms with Crippen LogP contribution in [0.5, 0.6) is 0 Å². The second-order valence-corrected chi connectivity index (χ2v) is 7.22. The monoisotopic (exact) mass is 408 g/mol. The summed E-state index contributed by atoms with van der Waals surface area (Å²) >= 11 is 1.26. The zero-order valence-electron chi connectivity index (χ0n) is 15.0. The standard InChI is InChI=1S/C19H19F3N4OS/c1-26-16(6-7-24-26)13-9-17(28-11-13)18(27)25-14(10-23)8-12-4-2-3-5-15(12)19(20,21)22/h2-7,9,11,14H,8,10,23H2,1H3,(H,25,27)/t14-/m1/s1. The van der Waals surface area contributed by atoms with E-state index in [-0.39, 0.29) is 24.4 Å². The van der Waals surface area contributed by atoms with Gasteiger partial charge in [-0.2, -0.15) is 18.3 Å². The molecule has 1 amide bonds. The molecule has 0 saturated carbocycles. The zero-order chi connectivity index (χ0) is 20.3. The van der Waals surface area contributed by atoms with E-state index in [1.54, 1.807) is 30.1 Å². The van der Waals surface area contributed by atoms with Crippen molar-refractivity contribution in [3.8, 4) is 11.3 Å². The molecule has 3 aromatic rings. The number of aryl methyl sites for hydroxylation is 1. The van der Waals surface area contributed by atoms with E-state index in [9.17, 15) is 18.0 Å². The second-order valence-electron chi connectivity index (χ2n) is 6.30. The predicted molar refractivity (Wildman–Crippen MR) is 102 cm³/mol. The second kappa shape index (κ2) is 8.15. The Balaban J connectivity index is 1.73. The van der Waals surface area contributed by atoms with Crippen molar-refractivity contribution in [3.05, 3.63) is 64.0 Å². The number of halogens is 3. The van der Waals surface area contributed by atoms with Crippen LogP contribution in [0.1, 0.15) is 20.8 Å². The quantitative estimate of drug-likeness (QED) is 0.656. The molecular weight excluding hydrogens is 389 g/mol. The molecule has 0 saturated heterocycles. The first kappa shape index (κ1) is 20.1. The summed E-state index contributed by atoms with van der Waals surface area (Å²) in [4.78, 5) is 13.0. The van der Waals surface area contributed by atoms with Gasteiger partial charge in [-0.1, -0.05) is 18.2 Å². The predicted octanol–water partition coefficient (Wildman–Crippen LogP) is 3.47. The summed E-state index contributed by atoms with van der Waals surface area (Å²) in [7, 11) is 1.80. The number of carbonyl (C=O) groups excluding carboxylic acids is 1. The minimum Gasteiger partial charge on any atom is -0.347 e. The number of nitrogens with one attached hydrogen (secondary N) is 1. The minimum atomic E-state index is -4.45. The summed E-state index contributed by atoms with van der Waals surface area (Å²) in [5.74, 6) is -0.363. The Labute approximate surface area is 164 Å². The average Bonchev–Trinajstić information content (AvgIpc) is 3.29.